The lowest BCUT2D eigenvalue weighted by molar-refractivity contribution is 0.557. The summed E-state index contributed by atoms with van der Waals surface area (Å²) in [5, 5.41) is 4.07. The number of nitrogens with zero attached hydrogens (tertiary/aromatic N) is 3. The smallest absolute Gasteiger partial charge is 0.268 e. The van der Waals surface area contributed by atoms with E-state index in [9.17, 15) is 4.79 Å². The third kappa shape index (κ3) is 3.62. The van der Waals surface area contributed by atoms with Gasteiger partial charge in [-0.1, -0.05) is 12.2 Å². The number of hydrogen-bond donors (Lipinski definition) is 1. The SMILES string of the molecule is CN(C)c1cnn(CCCC(N)=S)c(=O)c1. The monoisotopic (exact) mass is 240 g/mol. The molecule has 16 heavy (non-hydrogen) atoms. The van der Waals surface area contributed by atoms with Gasteiger partial charge in [0.05, 0.1) is 16.9 Å². The molecule has 0 spiro atoms. The first kappa shape index (κ1) is 12.6. The minimum Gasteiger partial charge on any atom is -0.393 e. The summed E-state index contributed by atoms with van der Waals surface area (Å²) >= 11 is 4.76. The lowest BCUT2D eigenvalue weighted by atomic mass is 10.3. The Morgan fingerprint density at radius 3 is 2.81 bits per heavy atom. The number of anilines is 1. The number of aromatic nitrogens is 2. The molecule has 0 aliphatic carbocycles. The zero-order chi connectivity index (χ0) is 12.1. The zero-order valence-corrected chi connectivity index (χ0v) is 10.3. The topological polar surface area (TPSA) is 64.2 Å². The molecule has 1 aromatic rings. The first-order chi connectivity index (χ1) is 7.50. The van der Waals surface area contributed by atoms with Crippen LogP contribution in [0.15, 0.2) is 17.1 Å². The van der Waals surface area contributed by atoms with Crippen molar-refractivity contribution in [1.29, 1.82) is 0 Å². The fraction of sp³-hybridized carbons (Fsp3) is 0.500. The molecule has 1 rings (SSSR count). The molecule has 1 aromatic heterocycles. The van der Waals surface area contributed by atoms with Crippen molar-refractivity contribution in [3.05, 3.63) is 22.6 Å². The highest BCUT2D eigenvalue weighted by molar-refractivity contribution is 7.80. The van der Waals surface area contributed by atoms with E-state index in [4.69, 9.17) is 18.0 Å². The van der Waals surface area contributed by atoms with E-state index < -0.39 is 0 Å². The summed E-state index contributed by atoms with van der Waals surface area (Å²) in [5.41, 5.74) is 6.07. The molecule has 6 heteroatoms. The van der Waals surface area contributed by atoms with Crippen molar-refractivity contribution >= 4 is 22.9 Å². The third-order valence-corrected chi connectivity index (χ3v) is 2.37. The maximum absolute atomic E-state index is 11.6. The highest BCUT2D eigenvalue weighted by atomic mass is 32.1. The van der Waals surface area contributed by atoms with E-state index in [0.29, 0.717) is 18.0 Å². The van der Waals surface area contributed by atoms with Crippen molar-refractivity contribution < 1.29 is 0 Å². The molecule has 0 unspecified atom stereocenters. The Morgan fingerprint density at radius 1 is 1.62 bits per heavy atom. The summed E-state index contributed by atoms with van der Waals surface area (Å²) < 4.78 is 1.42. The molecule has 0 aliphatic heterocycles. The standard InChI is InChI=1S/C10H16N4OS/c1-13(2)8-6-10(15)14(12-7-8)5-3-4-9(11)16/h6-7H,3-5H2,1-2H3,(H2,11,16). The van der Waals surface area contributed by atoms with Crippen molar-refractivity contribution in [1.82, 2.24) is 9.78 Å². The van der Waals surface area contributed by atoms with Gasteiger partial charge in [0.25, 0.3) is 5.56 Å². The predicted molar refractivity (Wildman–Crippen MR) is 68.8 cm³/mol. The van der Waals surface area contributed by atoms with E-state index >= 15 is 0 Å². The van der Waals surface area contributed by atoms with Gasteiger partial charge in [0.1, 0.15) is 0 Å². The van der Waals surface area contributed by atoms with Crippen molar-refractivity contribution in [2.24, 2.45) is 5.73 Å². The van der Waals surface area contributed by atoms with Crippen molar-refractivity contribution in [3.63, 3.8) is 0 Å². The third-order valence-electron chi connectivity index (χ3n) is 2.16. The van der Waals surface area contributed by atoms with Gasteiger partial charge in [-0.05, 0) is 12.8 Å². The number of thiocarbonyl (C=S) groups is 1. The summed E-state index contributed by atoms with van der Waals surface area (Å²) in [6, 6.07) is 1.56. The van der Waals surface area contributed by atoms with Gasteiger partial charge in [-0.25, -0.2) is 4.68 Å². The molecule has 0 amide bonds. The Bertz CT molecular complexity index is 427. The van der Waals surface area contributed by atoms with Gasteiger partial charge in [-0.2, -0.15) is 5.10 Å². The molecular formula is C10H16N4OS. The van der Waals surface area contributed by atoms with E-state index in [0.717, 1.165) is 12.1 Å². The number of rotatable bonds is 5. The van der Waals surface area contributed by atoms with Crippen LogP contribution in [-0.2, 0) is 6.54 Å². The summed E-state index contributed by atoms with van der Waals surface area (Å²) in [4.78, 5) is 13.9. The average Bonchev–Trinajstić information content (AvgIpc) is 2.19. The van der Waals surface area contributed by atoms with Gasteiger partial charge in [0.15, 0.2) is 0 Å². The van der Waals surface area contributed by atoms with Crippen LogP contribution in [0.4, 0.5) is 5.69 Å². The summed E-state index contributed by atoms with van der Waals surface area (Å²) in [6.45, 7) is 0.546. The molecule has 2 N–H and O–H groups in total. The van der Waals surface area contributed by atoms with Gasteiger partial charge in [-0.15, -0.1) is 0 Å². The molecule has 0 aliphatic rings. The van der Waals surface area contributed by atoms with Crippen molar-refractivity contribution in [2.45, 2.75) is 19.4 Å². The van der Waals surface area contributed by atoms with E-state index in [2.05, 4.69) is 5.10 Å². The van der Waals surface area contributed by atoms with Crippen LogP contribution in [0.5, 0.6) is 0 Å². The van der Waals surface area contributed by atoms with Crippen LogP contribution in [0, 0.1) is 0 Å². The van der Waals surface area contributed by atoms with Crippen LogP contribution in [0.2, 0.25) is 0 Å². The largest absolute Gasteiger partial charge is 0.393 e. The van der Waals surface area contributed by atoms with E-state index in [1.54, 1.807) is 12.3 Å². The maximum Gasteiger partial charge on any atom is 0.268 e. The Kier molecular flexibility index (Phi) is 4.42. The second-order valence-electron chi connectivity index (χ2n) is 3.74. The van der Waals surface area contributed by atoms with Crippen molar-refractivity contribution in [2.75, 3.05) is 19.0 Å². The van der Waals surface area contributed by atoms with E-state index in [1.165, 1.54) is 4.68 Å². The molecule has 0 saturated carbocycles. The minimum atomic E-state index is -0.103. The second-order valence-corrected chi connectivity index (χ2v) is 4.26. The van der Waals surface area contributed by atoms with Crippen LogP contribution in [-0.4, -0.2) is 28.9 Å². The van der Waals surface area contributed by atoms with Gasteiger partial charge in [-0.3, -0.25) is 4.79 Å². The quantitative estimate of drug-likeness (QED) is 0.754. The number of aryl methyl sites for hydroxylation is 1. The molecule has 0 radical (unpaired) electrons. The lowest BCUT2D eigenvalue weighted by Crippen LogP contribution is -2.24. The Hall–Kier alpha value is -1.43. The molecule has 0 saturated heterocycles. The molecule has 88 valence electrons. The van der Waals surface area contributed by atoms with Gasteiger partial charge in [0, 0.05) is 26.7 Å². The molecule has 0 fully saturated rings. The minimum absolute atomic E-state index is 0.103. The van der Waals surface area contributed by atoms with Crippen LogP contribution >= 0.6 is 12.2 Å². The molecule has 1 heterocycles. The van der Waals surface area contributed by atoms with Crippen LogP contribution in [0.1, 0.15) is 12.8 Å². The molecule has 0 aromatic carbocycles. The van der Waals surface area contributed by atoms with E-state index in [-0.39, 0.29) is 5.56 Å². The highest BCUT2D eigenvalue weighted by Crippen LogP contribution is 2.03. The second kappa shape index (κ2) is 5.60. The molecular weight excluding hydrogens is 224 g/mol. The van der Waals surface area contributed by atoms with Crippen LogP contribution in [0.3, 0.4) is 0 Å². The Morgan fingerprint density at radius 2 is 2.31 bits per heavy atom. The molecule has 5 nitrogen and oxygen atoms in total. The van der Waals surface area contributed by atoms with E-state index in [1.807, 2.05) is 19.0 Å². The summed E-state index contributed by atoms with van der Waals surface area (Å²) in [6.07, 6.45) is 3.05. The lowest BCUT2D eigenvalue weighted by Gasteiger charge is -2.12. The van der Waals surface area contributed by atoms with Crippen molar-refractivity contribution in [3.8, 4) is 0 Å². The Balaban J connectivity index is 2.68. The summed E-state index contributed by atoms with van der Waals surface area (Å²) in [7, 11) is 3.74. The molecule has 0 bridgehead atoms. The maximum atomic E-state index is 11.6. The number of nitrogens with two attached hydrogens (primary N) is 1. The first-order valence-electron chi connectivity index (χ1n) is 5.03. The van der Waals surface area contributed by atoms with Gasteiger partial charge in [0.2, 0.25) is 0 Å². The van der Waals surface area contributed by atoms with Gasteiger partial charge < -0.3 is 10.6 Å². The van der Waals surface area contributed by atoms with Crippen LogP contribution in [0.25, 0.3) is 0 Å². The van der Waals surface area contributed by atoms with Gasteiger partial charge >= 0.3 is 0 Å². The average molecular weight is 240 g/mol. The molecule has 0 atom stereocenters. The van der Waals surface area contributed by atoms with Crippen LogP contribution < -0.4 is 16.2 Å². The zero-order valence-electron chi connectivity index (χ0n) is 9.51. The normalized spacial score (nSPS) is 10.1. The first-order valence-corrected chi connectivity index (χ1v) is 5.44. The Labute approximate surface area is 99.9 Å². The predicted octanol–water partition coefficient (Wildman–Crippen LogP) is 0.376. The summed E-state index contributed by atoms with van der Waals surface area (Å²) in [5.74, 6) is 0. The number of hydrogen-bond acceptors (Lipinski definition) is 4. The fourth-order valence-corrected chi connectivity index (χ4v) is 1.38. The fourth-order valence-electron chi connectivity index (χ4n) is 1.24. The highest BCUT2D eigenvalue weighted by Gasteiger charge is 2.01.